The molecule has 0 aromatic heterocycles. The van der Waals surface area contributed by atoms with Crippen molar-refractivity contribution in [2.75, 3.05) is 11.9 Å². The summed E-state index contributed by atoms with van der Waals surface area (Å²) in [6.07, 6.45) is 1.49. The summed E-state index contributed by atoms with van der Waals surface area (Å²) < 4.78 is 11.6. The normalized spacial score (nSPS) is 10.9. The molecule has 0 atom stereocenters. The van der Waals surface area contributed by atoms with Crippen LogP contribution in [-0.4, -0.2) is 12.5 Å². The second kappa shape index (κ2) is 11.4. The number of hydrogen-bond donors (Lipinski definition) is 1. The molecule has 3 aromatic rings. The van der Waals surface area contributed by atoms with Gasteiger partial charge in [-0.3, -0.25) is 4.79 Å². The number of aryl methyl sites for hydroxylation is 1. The number of nitrogens with one attached hydrogen (secondary N) is 1. The zero-order chi connectivity index (χ0) is 23.8. The molecule has 7 heteroatoms. The van der Waals surface area contributed by atoms with Crippen molar-refractivity contribution in [1.29, 1.82) is 5.26 Å². The Morgan fingerprint density at radius 3 is 2.48 bits per heavy atom. The molecule has 0 unspecified atom stereocenters. The van der Waals surface area contributed by atoms with Gasteiger partial charge in [-0.1, -0.05) is 53.5 Å². The third-order valence-corrected chi connectivity index (χ3v) is 5.28. The molecule has 3 rings (SSSR count). The van der Waals surface area contributed by atoms with Crippen molar-refractivity contribution in [3.05, 3.63) is 93.0 Å². The van der Waals surface area contributed by atoms with Gasteiger partial charge in [-0.2, -0.15) is 5.26 Å². The van der Waals surface area contributed by atoms with Crippen molar-refractivity contribution in [3.63, 3.8) is 0 Å². The maximum absolute atomic E-state index is 12.7. The maximum Gasteiger partial charge on any atom is 0.266 e. The number of rotatable bonds is 8. The predicted molar refractivity (Wildman–Crippen MR) is 132 cm³/mol. The van der Waals surface area contributed by atoms with Gasteiger partial charge in [0.15, 0.2) is 11.5 Å². The van der Waals surface area contributed by atoms with Gasteiger partial charge >= 0.3 is 0 Å². The maximum atomic E-state index is 12.7. The summed E-state index contributed by atoms with van der Waals surface area (Å²) in [5.74, 6) is 0.521. The molecule has 0 aliphatic rings. The third kappa shape index (κ3) is 6.52. The Balaban J connectivity index is 1.80. The molecule has 33 heavy (non-hydrogen) atoms. The second-order valence-electron chi connectivity index (χ2n) is 7.11. The van der Waals surface area contributed by atoms with Crippen LogP contribution in [0.4, 0.5) is 5.69 Å². The average molecular weight is 481 g/mol. The lowest BCUT2D eigenvalue weighted by molar-refractivity contribution is -0.112. The lowest BCUT2D eigenvalue weighted by atomic mass is 10.1. The van der Waals surface area contributed by atoms with Gasteiger partial charge in [-0.25, -0.2) is 0 Å². The van der Waals surface area contributed by atoms with E-state index in [9.17, 15) is 10.1 Å². The van der Waals surface area contributed by atoms with Gasteiger partial charge in [0.05, 0.1) is 17.3 Å². The molecule has 0 aliphatic carbocycles. The van der Waals surface area contributed by atoms with Crippen LogP contribution in [0.5, 0.6) is 11.5 Å². The van der Waals surface area contributed by atoms with Gasteiger partial charge in [0.2, 0.25) is 0 Å². The number of nitrogens with zero attached hydrogens (tertiary/aromatic N) is 1. The van der Waals surface area contributed by atoms with Crippen LogP contribution >= 0.6 is 23.2 Å². The first-order chi connectivity index (χ1) is 15.9. The SMILES string of the molecule is CCOc1cc(/C=C(\C#N)C(=O)Nc2c(C)cccc2Cl)ccc1OCc1ccc(Cl)cc1. The lowest BCUT2D eigenvalue weighted by Crippen LogP contribution is -2.14. The first-order valence-electron chi connectivity index (χ1n) is 10.2. The summed E-state index contributed by atoms with van der Waals surface area (Å²) in [6, 6.07) is 19.9. The topological polar surface area (TPSA) is 71.3 Å². The molecule has 0 radical (unpaired) electrons. The van der Waals surface area contributed by atoms with Crippen LogP contribution in [-0.2, 0) is 11.4 Å². The number of hydrogen-bond acceptors (Lipinski definition) is 4. The Morgan fingerprint density at radius 2 is 1.82 bits per heavy atom. The Bertz CT molecular complexity index is 1190. The fourth-order valence-electron chi connectivity index (χ4n) is 3.03. The number of ether oxygens (including phenoxy) is 2. The number of halogens is 2. The standard InChI is InChI=1S/C26H22Cl2N2O3/c1-3-32-24-14-19(9-12-23(24)33-16-18-7-10-21(27)11-8-18)13-20(15-29)26(31)30-25-17(2)5-4-6-22(25)28/h4-14H,3,16H2,1-2H3,(H,30,31)/b20-13+. The summed E-state index contributed by atoms with van der Waals surface area (Å²) in [7, 11) is 0. The highest BCUT2D eigenvalue weighted by Gasteiger charge is 2.14. The number of carbonyl (C=O) groups excluding carboxylic acids is 1. The van der Waals surface area contributed by atoms with E-state index in [0.29, 0.717) is 46.0 Å². The molecular weight excluding hydrogens is 459 g/mol. The summed E-state index contributed by atoms with van der Waals surface area (Å²) in [5, 5.41) is 13.3. The Morgan fingerprint density at radius 1 is 1.06 bits per heavy atom. The van der Waals surface area contributed by atoms with Crippen molar-refractivity contribution in [2.45, 2.75) is 20.5 Å². The highest BCUT2D eigenvalue weighted by Crippen LogP contribution is 2.31. The molecule has 5 nitrogen and oxygen atoms in total. The minimum absolute atomic E-state index is 0.0633. The summed E-state index contributed by atoms with van der Waals surface area (Å²) >= 11 is 12.1. The number of carbonyl (C=O) groups is 1. The van der Waals surface area contributed by atoms with E-state index in [4.69, 9.17) is 32.7 Å². The van der Waals surface area contributed by atoms with E-state index in [0.717, 1.165) is 11.1 Å². The van der Waals surface area contributed by atoms with Crippen molar-refractivity contribution in [3.8, 4) is 17.6 Å². The van der Waals surface area contributed by atoms with Crippen LogP contribution in [0, 0.1) is 18.3 Å². The zero-order valence-corrected chi connectivity index (χ0v) is 19.7. The van der Waals surface area contributed by atoms with E-state index in [1.165, 1.54) is 6.08 Å². The second-order valence-corrected chi connectivity index (χ2v) is 7.95. The average Bonchev–Trinajstić information content (AvgIpc) is 2.80. The van der Waals surface area contributed by atoms with Gasteiger partial charge in [0.1, 0.15) is 18.2 Å². The first-order valence-corrected chi connectivity index (χ1v) is 11.0. The minimum atomic E-state index is -0.547. The molecule has 1 N–H and O–H groups in total. The quantitative estimate of drug-likeness (QED) is 0.283. The molecule has 0 bridgehead atoms. The Kier molecular flexibility index (Phi) is 8.37. The van der Waals surface area contributed by atoms with Gasteiger partial charge in [0, 0.05) is 5.02 Å². The van der Waals surface area contributed by atoms with Crippen molar-refractivity contribution in [2.24, 2.45) is 0 Å². The molecule has 168 valence electrons. The lowest BCUT2D eigenvalue weighted by Gasteiger charge is -2.13. The molecule has 1 amide bonds. The van der Waals surface area contributed by atoms with E-state index in [2.05, 4.69) is 5.32 Å². The van der Waals surface area contributed by atoms with Crippen LogP contribution in [0.2, 0.25) is 10.0 Å². The number of nitriles is 1. The van der Waals surface area contributed by atoms with Gasteiger partial charge < -0.3 is 14.8 Å². The van der Waals surface area contributed by atoms with Crippen molar-refractivity contribution in [1.82, 2.24) is 0 Å². The Hall–Kier alpha value is -3.46. The van der Waals surface area contributed by atoms with Crippen molar-refractivity contribution < 1.29 is 14.3 Å². The van der Waals surface area contributed by atoms with Crippen LogP contribution in [0.25, 0.3) is 6.08 Å². The molecule has 3 aromatic carbocycles. The molecule has 0 aliphatic heterocycles. The van der Waals surface area contributed by atoms with E-state index in [1.54, 1.807) is 42.5 Å². The highest BCUT2D eigenvalue weighted by molar-refractivity contribution is 6.34. The molecule has 0 saturated carbocycles. The van der Waals surface area contributed by atoms with Crippen LogP contribution < -0.4 is 14.8 Å². The molecule has 0 heterocycles. The number of amides is 1. The smallest absolute Gasteiger partial charge is 0.266 e. The highest BCUT2D eigenvalue weighted by atomic mass is 35.5. The third-order valence-electron chi connectivity index (χ3n) is 4.71. The fourth-order valence-corrected chi connectivity index (χ4v) is 3.43. The molecule has 0 saturated heterocycles. The predicted octanol–water partition coefficient (Wildman–Crippen LogP) is 6.83. The van der Waals surface area contributed by atoms with E-state index in [1.807, 2.05) is 38.1 Å². The fraction of sp³-hybridized carbons (Fsp3) is 0.154. The van der Waals surface area contributed by atoms with Crippen LogP contribution in [0.3, 0.4) is 0 Å². The first kappa shape index (κ1) is 24.2. The van der Waals surface area contributed by atoms with E-state index >= 15 is 0 Å². The minimum Gasteiger partial charge on any atom is -0.490 e. The van der Waals surface area contributed by atoms with E-state index in [-0.39, 0.29) is 5.57 Å². The Labute approximate surface area is 203 Å². The number of benzene rings is 3. The van der Waals surface area contributed by atoms with Crippen LogP contribution in [0.15, 0.2) is 66.2 Å². The molecular formula is C26H22Cl2N2O3. The molecule has 0 fully saturated rings. The molecule has 0 spiro atoms. The number of anilines is 1. The summed E-state index contributed by atoms with van der Waals surface area (Å²) in [4.78, 5) is 12.7. The van der Waals surface area contributed by atoms with Gasteiger partial charge in [0.25, 0.3) is 5.91 Å². The van der Waals surface area contributed by atoms with Gasteiger partial charge in [-0.15, -0.1) is 0 Å². The van der Waals surface area contributed by atoms with Crippen molar-refractivity contribution >= 4 is 40.9 Å². The monoisotopic (exact) mass is 480 g/mol. The zero-order valence-electron chi connectivity index (χ0n) is 18.2. The van der Waals surface area contributed by atoms with Gasteiger partial charge in [-0.05, 0) is 66.9 Å². The van der Waals surface area contributed by atoms with Crippen LogP contribution in [0.1, 0.15) is 23.6 Å². The van der Waals surface area contributed by atoms with E-state index < -0.39 is 5.91 Å². The largest absolute Gasteiger partial charge is 0.490 e. The summed E-state index contributed by atoms with van der Waals surface area (Å²) in [6.45, 7) is 4.47. The summed E-state index contributed by atoms with van der Waals surface area (Å²) in [5.41, 5.74) is 2.80. The number of para-hydroxylation sites is 1.